The predicted molar refractivity (Wildman–Crippen MR) is 93.0 cm³/mol. The van der Waals surface area contributed by atoms with E-state index in [2.05, 4.69) is 0 Å². The number of aromatic nitrogens is 1. The van der Waals surface area contributed by atoms with Gasteiger partial charge < -0.3 is 14.9 Å². The molecule has 0 bridgehead atoms. The fourth-order valence-electron chi connectivity index (χ4n) is 3.77. The van der Waals surface area contributed by atoms with Gasteiger partial charge in [-0.3, -0.25) is 18.7 Å². The molecule has 2 aliphatic rings. The van der Waals surface area contributed by atoms with Crippen LogP contribution in [0.5, 0.6) is 11.8 Å². The Morgan fingerprint density at radius 3 is 2.29 bits per heavy atom. The standard InChI is InChI=1S/C16H18N2O9S/c1-27-15(23)16(5-3-2-4-6-16)18-12(20)7-9(13(18)21)17-11(19)8-10(14(17)22)28(24,25)26/h7-8,20-21H,2-6H2,1H3,(H,24,25,26). The molecule has 1 saturated carbocycles. The average molecular weight is 414 g/mol. The molecule has 3 N–H and O–H groups in total. The zero-order chi connectivity index (χ0) is 20.9. The lowest BCUT2D eigenvalue weighted by Gasteiger charge is -2.36. The number of hydrogen-bond donors (Lipinski definition) is 3. The quantitative estimate of drug-likeness (QED) is 0.359. The van der Waals surface area contributed by atoms with Gasteiger partial charge in [0, 0.05) is 12.1 Å². The summed E-state index contributed by atoms with van der Waals surface area (Å²) in [5.41, 5.74) is -1.96. The Hall–Kier alpha value is -2.86. The van der Waals surface area contributed by atoms with Crippen molar-refractivity contribution in [1.82, 2.24) is 4.57 Å². The number of carbonyl (C=O) groups is 3. The molecule has 2 heterocycles. The molecule has 11 nitrogen and oxygen atoms in total. The summed E-state index contributed by atoms with van der Waals surface area (Å²) < 4.78 is 37.3. The molecule has 0 spiro atoms. The summed E-state index contributed by atoms with van der Waals surface area (Å²) in [4.78, 5) is 36.0. The summed E-state index contributed by atoms with van der Waals surface area (Å²) in [6.45, 7) is 0. The average Bonchev–Trinajstić information content (AvgIpc) is 3.09. The lowest BCUT2D eigenvalue weighted by molar-refractivity contribution is -0.153. The third-order valence-corrected chi connectivity index (χ3v) is 5.87. The summed E-state index contributed by atoms with van der Waals surface area (Å²) in [5, 5.41) is 21.1. The topological polar surface area (TPSA) is 163 Å². The Morgan fingerprint density at radius 2 is 1.79 bits per heavy atom. The first kappa shape index (κ1) is 19.9. The second-order valence-electron chi connectivity index (χ2n) is 6.59. The van der Waals surface area contributed by atoms with Crippen molar-refractivity contribution in [2.75, 3.05) is 12.0 Å². The molecule has 3 rings (SSSR count). The van der Waals surface area contributed by atoms with Crippen molar-refractivity contribution in [3.05, 3.63) is 17.0 Å². The lowest BCUT2D eigenvalue weighted by atomic mass is 9.81. The van der Waals surface area contributed by atoms with Gasteiger partial charge in [-0.15, -0.1) is 0 Å². The van der Waals surface area contributed by atoms with Crippen molar-refractivity contribution in [2.24, 2.45) is 0 Å². The Labute approximate surface area is 159 Å². The molecule has 152 valence electrons. The number of ether oxygens (including phenoxy) is 1. The van der Waals surface area contributed by atoms with Crippen LogP contribution in [0, 0.1) is 0 Å². The third kappa shape index (κ3) is 2.85. The van der Waals surface area contributed by atoms with E-state index in [9.17, 15) is 33.0 Å². The second kappa shape index (κ2) is 6.63. The van der Waals surface area contributed by atoms with E-state index in [1.807, 2.05) is 0 Å². The zero-order valence-electron chi connectivity index (χ0n) is 14.8. The maximum absolute atomic E-state index is 12.5. The van der Waals surface area contributed by atoms with Crippen LogP contribution in [0.2, 0.25) is 0 Å². The van der Waals surface area contributed by atoms with E-state index in [-0.39, 0.29) is 12.8 Å². The van der Waals surface area contributed by atoms with Crippen LogP contribution < -0.4 is 4.90 Å². The van der Waals surface area contributed by atoms with E-state index in [0.29, 0.717) is 23.8 Å². The van der Waals surface area contributed by atoms with Crippen molar-refractivity contribution in [3.8, 4) is 11.8 Å². The number of anilines is 1. The molecular weight excluding hydrogens is 396 g/mol. The summed E-state index contributed by atoms with van der Waals surface area (Å²) in [6.07, 6.45) is 2.94. The first-order valence-corrected chi connectivity index (χ1v) is 9.79. The highest BCUT2D eigenvalue weighted by Gasteiger charge is 2.48. The van der Waals surface area contributed by atoms with E-state index >= 15 is 0 Å². The second-order valence-corrected chi connectivity index (χ2v) is 7.98. The fraction of sp³-hybridized carbons (Fsp3) is 0.438. The minimum atomic E-state index is -4.97. The van der Waals surface area contributed by atoms with Crippen molar-refractivity contribution in [1.29, 1.82) is 0 Å². The smallest absolute Gasteiger partial charge is 0.332 e. The van der Waals surface area contributed by atoms with Gasteiger partial charge in [0.1, 0.15) is 11.2 Å². The Bertz CT molecular complexity index is 1000. The van der Waals surface area contributed by atoms with Crippen molar-refractivity contribution < 1.29 is 42.3 Å². The van der Waals surface area contributed by atoms with E-state index in [4.69, 9.17) is 9.29 Å². The minimum Gasteiger partial charge on any atom is -0.494 e. The van der Waals surface area contributed by atoms with Crippen LogP contribution in [0.15, 0.2) is 17.0 Å². The first-order valence-electron chi connectivity index (χ1n) is 8.35. The molecule has 0 aromatic carbocycles. The van der Waals surface area contributed by atoms with Crippen LogP contribution in [0.4, 0.5) is 5.69 Å². The van der Waals surface area contributed by atoms with Crippen LogP contribution >= 0.6 is 0 Å². The number of hydrogen-bond acceptors (Lipinski definition) is 8. The first-order chi connectivity index (χ1) is 13.0. The Kier molecular flexibility index (Phi) is 4.71. The van der Waals surface area contributed by atoms with E-state index < -0.39 is 55.8 Å². The fourth-order valence-corrected chi connectivity index (χ4v) is 4.33. The number of methoxy groups -OCH3 is 1. The molecule has 28 heavy (non-hydrogen) atoms. The van der Waals surface area contributed by atoms with Crippen molar-refractivity contribution in [3.63, 3.8) is 0 Å². The van der Waals surface area contributed by atoms with Gasteiger partial charge in [0.05, 0.1) is 7.11 Å². The molecule has 1 fully saturated rings. The van der Waals surface area contributed by atoms with Crippen LogP contribution in [0.1, 0.15) is 32.1 Å². The van der Waals surface area contributed by atoms with Gasteiger partial charge in [-0.2, -0.15) is 8.42 Å². The van der Waals surface area contributed by atoms with Crippen LogP contribution in [0.25, 0.3) is 0 Å². The lowest BCUT2D eigenvalue weighted by Crippen LogP contribution is -2.44. The van der Waals surface area contributed by atoms with E-state index in [1.54, 1.807) is 0 Å². The van der Waals surface area contributed by atoms with Gasteiger partial charge >= 0.3 is 5.97 Å². The molecule has 1 aliphatic heterocycles. The Morgan fingerprint density at radius 1 is 1.18 bits per heavy atom. The monoisotopic (exact) mass is 414 g/mol. The number of rotatable bonds is 4. The highest BCUT2D eigenvalue weighted by Crippen LogP contribution is 2.47. The molecule has 0 saturated heterocycles. The zero-order valence-corrected chi connectivity index (χ0v) is 15.6. The number of amides is 2. The molecule has 1 aromatic heterocycles. The normalized spacial score (nSPS) is 19.6. The minimum absolute atomic E-state index is 0.241. The summed E-state index contributed by atoms with van der Waals surface area (Å²) in [6, 6.07) is 0.866. The van der Waals surface area contributed by atoms with Gasteiger partial charge in [-0.1, -0.05) is 19.3 Å². The molecule has 0 atom stereocenters. The maximum atomic E-state index is 12.5. The van der Waals surface area contributed by atoms with Crippen LogP contribution in [-0.2, 0) is 34.8 Å². The van der Waals surface area contributed by atoms with Gasteiger partial charge in [-0.25, -0.2) is 9.69 Å². The maximum Gasteiger partial charge on any atom is 0.332 e. The summed E-state index contributed by atoms with van der Waals surface area (Å²) >= 11 is 0. The number of imide groups is 1. The predicted octanol–water partition coefficient (Wildman–Crippen LogP) is 0.377. The molecule has 0 unspecified atom stereocenters. The third-order valence-electron chi connectivity index (χ3n) is 5.02. The van der Waals surface area contributed by atoms with Gasteiger partial charge in [0.25, 0.3) is 21.9 Å². The molecule has 0 radical (unpaired) electrons. The van der Waals surface area contributed by atoms with Crippen molar-refractivity contribution >= 4 is 33.6 Å². The molecule has 1 aromatic rings. The SMILES string of the molecule is COC(=O)C1(n2c(O)cc(N3C(=O)C=C(S(=O)(=O)O)C3=O)c2O)CCCCC1. The number of esters is 1. The largest absolute Gasteiger partial charge is 0.494 e. The Balaban J connectivity index is 2.12. The van der Waals surface area contributed by atoms with Gasteiger partial charge in [-0.05, 0) is 12.8 Å². The molecule has 2 amide bonds. The summed E-state index contributed by atoms with van der Waals surface area (Å²) in [7, 11) is -3.81. The highest BCUT2D eigenvalue weighted by molar-refractivity contribution is 7.91. The molecule has 12 heteroatoms. The molecule has 1 aliphatic carbocycles. The number of aromatic hydroxyl groups is 2. The van der Waals surface area contributed by atoms with Gasteiger partial charge in [0.15, 0.2) is 10.8 Å². The van der Waals surface area contributed by atoms with E-state index in [1.165, 1.54) is 0 Å². The highest BCUT2D eigenvalue weighted by atomic mass is 32.2. The van der Waals surface area contributed by atoms with E-state index in [0.717, 1.165) is 24.2 Å². The number of nitrogens with zero attached hydrogens (tertiary/aromatic N) is 2. The molecular formula is C16H18N2O9S. The van der Waals surface area contributed by atoms with Crippen molar-refractivity contribution in [2.45, 2.75) is 37.6 Å². The van der Waals surface area contributed by atoms with Gasteiger partial charge in [0.2, 0.25) is 5.88 Å². The summed E-state index contributed by atoms with van der Waals surface area (Å²) in [5.74, 6) is -4.63. The van der Waals surface area contributed by atoms with Crippen LogP contribution in [0.3, 0.4) is 0 Å². The number of carbonyl (C=O) groups excluding carboxylic acids is 3. The van der Waals surface area contributed by atoms with Crippen LogP contribution in [-0.4, -0.2) is 52.6 Å².